The van der Waals surface area contributed by atoms with E-state index in [-0.39, 0.29) is 12.1 Å². The summed E-state index contributed by atoms with van der Waals surface area (Å²) < 4.78 is 7.10. The molecular formula is C18H26N4O2. The van der Waals surface area contributed by atoms with Crippen LogP contribution in [0.5, 0.6) is 5.75 Å². The number of amides is 2. The van der Waals surface area contributed by atoms with Crippen molar-refractivity contribution in [1.29, 1.82) is 0 Å². The van der Waals surface area contributed by atoms with Crippen LogP contribution in [0.15, 0.2) is 18.2 Å². The van der Waals surface area contributed by atoms with Crippen LogP contribution in [0.1, 0.15) is 29.4 Å². The first kappa shape index (κ1) is 17.8. The Labute approximate surface area is 143 Å². The predicted molar refractivity (Wildman–Crippen MR) is 95.7 cm³/mol. The van der Waals surface area contributed by atoms with Crippen molar-refractivity contribution in [2.45, 2.75) is 40.2 Å². The van der Waals surface area contributed by atoms with E-state index in [1.54, 1.807) is 7.11 Å². The maximum Gasteiger partial charge on any atom is 0.319 e. The van der Waals surface area contributed by atoms with E-state index in [0.29, 0.717) is 0 Å². The molecule has 2 amide bonds. The van der Waals surface area contributed by atoms with Gasteiger partial charge in [0.25, 0.3) is 0 Å². The van der Waals surface area contributed by atoms with Crippen molar-refractivity contribution in [3.63, 3.8) is 0 Å². The Balaban J connectivity index is 1.95. The molecular weight excluding hydrogens is 304 g/mol. The molecule has 0 bridgehead atoms. The minimum absolute atomic E-state index is 0.00550. The molecule has 0 unspecified atom stereocenters. The van der Waals surface area contributed by atoms with Gasteiger partial charge in [-0.2, -0.15) is 5.10 Å². The fourth-order valence-corrected chi connectivity index (χ4v) is 2.82. The van der Waals surface area contributed by atoms with Gasteiger partial charge in [0.15, 0.2) is 0 Å². The van der Waals surface area contributed by atoms with Crippen molar-refractivity contribution in [3.05, 3.63) is 40.7 Å². The number of hydrogen-bond acceptors (Lipinski definition) is 3. The molecule has 2 rings (SSSR count). The lowest BCUT2D eigenvalue weighted by molar-refractivity contribution is 0.249. The van der Waals surface area contributed by atoms with E-state index < -0.39 is 0 Å². The van der Waals surface area contributed by atoms with E-state index in [0.717, 1.165) is 34.8 Å². The number of rotatable bonds is 5. The summed E-state index contributed by atoms with van der Waals surface area (Å²) in [5, 5.41) is 10.2. The molecule has 1 heterocycles. The zero-order valence-corrected chi connectivity index (χ0v) is 15.2. The summed E-state index contributed by atoms with van der Waals surface area (Å²) in [6, 6.07) is 5.35. The molecule has 0 saturated carbocycles. The highest BCUT2D eigenvalue weighted by molar-refractivity contribution is 5.89. The van der Waals surface area contributed by atoms with Gasteiger partial charge >= 0.3 is 6.03 Å². The highest BCUT2D eigenvalue weighted by Gasteiger charge is 2.15. The Hall–Kier alpha value is -2.50. The van der Waals surface area contributed by atoms with Crippen LogP contribution in [-0.2, 0) is 13.5 Å². The summed E-state index contributed by atoms with van der Waals surface area (Å²) in [4.78, 5) is 12.2. The number of methoxy groups -OCH3 is 1. The highest BCUT2D eigenvalue weighted by atomic mass is 16.5. The second-order valence-electron chi connectivity index (χ2n) is 6.16. The van der Waals surface area contributed by atoms with E-state index in [4.69, 9.17) is 4.74 Å². The lowest BCUT2D eigenvalue weighted by atomic mass is 10.1. The molecule has 0 saturated heterocycles. The molecule has 1 aromatic carbocycles. The summed E-state index contributed by atoms with van der Waals surface area (Å²) in [5.74, 6) is 0.803. The van der Waals surface area contributed by atoms with Crippen LogP contribution in [0, 0.1) is 20.8 Å². The van der Waals surface area contributed by atoms with Crippen molar-refractivity contribution in [1.82, 2.24) is 15.1 Å². The van der Waals surface area contributed by atoms with Gasteiger partial charge in [0.1, 0.15) is 5.75 Å². The van der Waals surface area contributed by atoms with Gasteiger partial charge in [0, 0.05) is 24.5 Å². The smallest absolute Gasteiger partial charge is 0.319 e. The largest absolute Gasteiger partial charge is 0.496 e. The molecule has 0 aliphatic carbocycles. The molecule has 1 aromatic heterocycles. The monoisotopic (exact) mass is 330 g/mol. The van der Waals surface area contributed by atoms with Gasteiger partial charge in [-0.25, -0.2) is 4.79 Å². The summed E-state index contributed by atoms with van der Waals surface area (Å²) in [5.41, 5.74) is 5.05. The molecule has 0 aliphatic rings. The fourth-order valence-electron chi connectivity index (χ4n) is 2.82. The average molecular weight is 330 g/mol. The molecule has 1 atom stereocenters. The summed E-state index contributed by atoms with van der Waals surface area (Å²) in [6.45, 7) is 7.97. The Morgan fingerprint density at radius 1 is 1.33 bits per heavy atom. The quantitative estimate of drug-likeness (QED) is 0.885. The minimum Gasteiger partial charge on any atom is -0.496 e. The van der Waals surface area contributed by atoms with Crippen molar-refractivity contribution in [2.75, 3.05) is 12.4 Å². The lowest BCUT2D eigenvalue weighted by Crippen LogP contribution is -2.37. The number of benzene rings is 1. The number of ether oxygens (including phenoxy) is 1. The third kappa shape index (κ3) is 4.07. The zero-order chi connectivity index (χ0) is 17.9. The van der Waals surface area contributed by atoms with Crippen LogP contribution in [-0.4, -0.2) is 29.0 Å². The molecule has 0 radical (unpaired) electrons. The van der Waals surface area contributed by atoms with Crippen molar-refractivity contribution < 1.29 is 9.53 Å². The number of urea groups is 1. The minimum atomic E-state index is -0.216. The number of carbonyl (C=O) groups is 1. The fraction of sp³-hybridized carbons (Fsp3) is 0.444. The van der Waals surface area contributed by atoms with E-state index in [9.17, 15) is 4.79 Å². The maximum atomic E-state index is 12.2. The van der Waals surface area contributed by atoms with E-state index >= 15 is 0 Å². The normalized spacial score (nSPS) is 11.9. The van der Waals surface area contributed by atoms with Crippen LogP contribution >= 0.6 is 0 Å². The van der Waals surface area contributed by atoms with Gasteiger partial charge < -0.3 is 15.4 Å². The number of carbonyl (C=O) groups excluding carboxylic acids is 1. The molecule has 6 heteroatoms. The molecule has 2 aromatic rings. The molecule has 6 nitrogen and oxygen atoms in total. The van der Waals surface area contributed by atoms with Crippen molar-refractivity contribution in [2.24, 2.45) is 7.05 Å². The van der Waals surface area contributed by atoms with Gasteiger partial charge in [0.05, 0.1) is 12.8 Å². The molecule has 2 N–H and O–H groups in total. The Bertz CT molecular complexity index is 737. The summed E-state index contributed by atoms with van der Waals surface area (Å²) in [7, 11) is 3.56. The molecule has 24 heavy (non-hydrogen) atoms. The third-order valence-corrected chi connectivity index (χ3v) is 4.20. The van der Waals surface area contributed by atoms with Crippen LogP contribution in [0.4, 0.5) is 10.5 Å². The van der Waals surface area contributed by atoms with Gasteiger partial charge in [-0.15, -0.1) is 0 Å². The van der Waals surface area contributed by atoms with Crippen molar-refractivity contribution >= 4 is 11.7 Å². The van der Waals surface area contributed by atoms with Gasteiger partial charge in [-0.3, -0.25) is 4.68 Å². The van der Waals surface area contributed by atoms with Gasteiger partial charge in [-0.05, 0) is 63.4 Å². The molecule has 130 valence electrons. The summed E-state index contributed by atoms with van der Waals surface area (Å²) >= 11 is 0. The first-order valence-corrected chi connectivity index (χ1v) is 8.03. The van der Waals surface area contributed by atoms with Crippen LogP contribution in [0.25, 0.3) is 0 Å². The topological polar surface area (TPSA) is 68.2 Å². The standard InChI is InChI=1S/C18H26N4O2/c1-11-9-15(7-8-17(11)24-6)20-18(23)19-12(2)10-16-13(3)21-22(5)14(16)4/h7-9,12H,10H2,1-6H3,(H2,19,20,23)/t12-/m1/s1. The van der Waals surface area contributed by atoms with E-state index in [2.05, 4.69) is 15.7 Å². The van der Waals surface area contributed by atoms with Gasteiger partial charge in [-0.1, -0.05) is 0 Å². The Kier molecular flexibility index (Phi) is 5.49. The number of hydrogen-bond donors (Lipinski definition) is 2. The highest BCUT2D eigenvalue weighted by Crippen LogP contribution is 2.21. The van der Waals surface area contributed by atoms with Gasteiger partial charge in [0.2, 0.25) is 0 Å². The van der Waals surface area contributed by atoms with E-state index in [1.165, 1.54) is 5.56 Å². The SMILES string of the molecule is COc1ccc(NC(=O)N[C@H](C)Cc2c(C)nn(C)c2C)cc1C. The third-order valence-electron chi connectivity index (χ3n) is 4.20. The maximum absolute atomic E-state index is 12.2. The predicted octanol–water partition coefficient (Wildman–Crippen LogP) is 3.11. The van der Waals surface area contributed by atoms with Crippen LogP contribution < -0.4 is 15.4 Å². The Morgan fingerprint density at radius 3 is 2.58 bits per heavy atom. The summed E-state index contributed by atoms with van der Waals surface area (Å²) in [6.07, 6.45) is 0.751. The Morgan fingerprint density at radius 2 is 2.04 bits per heavy atom. The van der Waals surface area contributed by atoms with E-state index in [1.807, 2.05) is 57.6 Å². The molecule has 0 aliphatic heterocycles. The second-order valence-corrected chi connectivity index (χ2v) is 6.16. The first-order chi connectivity index (χ1) is 11.3. The zero-order valence-electron chi connectivity index (χ0n) is 15.2. The average Bonchev–Trinajstić information content (AvgIpc) is 2.73. The number of anilines is 1. The molecule has 0 fully saturated rings. The van der Waals surface area contributed by atoms with Crippen molar-refractivity contribution in [3.8, 4) is 5.75 Å². The number of aromatic nitrogens is 2. The van der Waals surface area contributed by atoms with Crippen LogP contribution in [0.3, 0.4) is 0 Å². The number of nitrogens with zero attached hydrogens (tertiary/aromatic N) is 2. The second kappa shape index (κ2) is 7.38. The van der Waals surface area contributed by atoms with Crippen LogP contribution in [0.2, 0.25) is 0 Å². The lowest BCUT2D eigenvalue weighted by Gasteiger charge is -2.15. The number of aryl methyl sites for hydroxylation is 3. The number of nitrogens with one attached hydrogen (secondary N) is 2. The first-order valence-electron chi connectivity index (χ1n) is 8.03. The molecule has 0 spiro atoms.